The highest BCUT2D eigenvalue weighted by atomic mass is 16.1. The van der Waals surface area contributed by atoms with Gasteiger partial charge in [-0.15, -0.1) is 0 Å². The molecule has 0 radical (unpaired) electrons. The molecule has 0 atom stereocenters. The summed E-state index contributed by atoms with van der Waals surface area (Å²) in [6.07, 6.45) is 3.10. The zero-order valence-corrected chi connectivity index (χ0v) is 15.8. The first-order valence-corrected chi connectivity index (χ1v) is 9.42. The average molecular weight is 384 g/mol. The van der Waals surface area contributed by atoms with E-state index in [-0.39, 0.29) is 11.6 Å². The van der Waals surface area contributed by atoms with E-state index in [1.54, 1.807) is 30.5 Å². The van der Waals surface area contributed by atoms with Crippen molar-refractivity contribution in [1.82, 2.24) is 9.97 Å². The molecule has 0 unspecified atom stereocenters. The van der Waals surface area contributed by atoms with Crippen molar-refractivity contribution in [2.24, 2.45) is 0 Å². The van der Waals surface area contributed by atoms with E-state index in [9.17, 15) is 4.79 Å². The highest BCUT2D eigenvalue weighted by molar-refractivity contribution is 6.03. The van der Waals surface area contributed by atoms with E-state index in [1.807, 2.05) is 18.2 Å². The van der Waals surface area contributed by atoms with Gasteiger partial charge in [0, 0.05) is 31.9 Å². The van der Waals surface area contributed by atoms with Crippen LogP contribution in [0.1, 0.15) is 16.1 Å². The van der Waals surface area contributed by atoms with Crippen molar-refractivity contribution in [3.05, 3.63) is 78.2 Å². The van der Waals surface area contributed by atoms with E-state index in [4.69, 9.17) is 5.26 Å². The maximum Gasteiger partial charge on any atom is 0.275 e. The van der Waals surface area contributed by atoms with Crippen LogP contribution < -0.4 is 15.1 Å². The number of carbonyl (C=O) groups excluding carboxylic acids is 1. The number of nitriles is 1. The Labute approximate surface area is 169 Å². The standard InChI is InChI=1S/C22H20N6O/c23-14-17-6-4-5-9-19(17)26-22(29)20-15-25-21(16-24-20)28-12-10-27(11-13-28)18-7-2-1-3-8-18/h1-9,15-16H,10-13H2,(H,26,29). The molecule has 1 fully saturated rings. The molecule has 1 amide bonds. The number of rotatable bonds is 4. The van der Waals surface area contributed by atoms with Gasteiger partial charge in [0.05, 0.1) is 23.6 Å². The van der Waals surface area contributed by atoms with Crippen LogP contribution in [0.2, 0.25) is 0 Å². The van der Waals surface area contributed by atoms with E-state index in [0.717, 1.165) is 32.0 Å². The summed E-state index contributed by atoms with van der Waals surface area (Å²) < 4.78 is 0. The van der Waals surface area contributed by atoms with Gasteiger partial charge >= 0.3 is 0 Å². The number of aromatic nitrogens is 2. The fourth-order valence-corrected chi connectivity index (χ4v) is 3.31. The molecule has 4 rings (SSSR count). The highest BCUT2D eigenvalue weighted by Gasteiger charge is 2.19. The van der Waals surface area contributed by atoms with E-state index < -0.39 is 0 Å². The molecule has 1 N–H and O–H groups in total. The van der Waals surface area contributed by atoms with Gasteiger partial charge in [-0.05, 0) is 24.3 Å². The molecule has 1 aromatic heterocycles. The molecule has 2 heterocycles. The van der Waals surface area contributed by atoms with Crippen LogP contribution in [-0.4, -0.2) is 42.1 Å². The fourth-order valence-electron chi connectivity index (χ4n) is 3.31. The molecule has 1 saturated heterocycles. The molecule has 29 heavy (non-hydrogen) atoms. The lowest BCUT2D eigenvalue weighted by Crippen LogP contribution is -2.46. The van der Waals surface area contributed by atoms with E-state index >= 15 is 0 Å². The number of nitrogens with one attached hydrogen (secondary N) is 1. The zero-order chi connectivity index (χ0) is 20.1. The third-order valence-electron chi connectivity index (χ3n) is 4.89. The van der Waals surface area contributed by atoms with Gasteiger partial charge in [-0.1, -0.05) is 30.3 Å². The van der Waals surface area contributed by atoms with Crippen molar-refractivity contribution >= 4 is 23.1 Å². The molecular formula is C22H20N6O. The Bertz CT molecular complexity index is 1020. The molecule has 0 aliphatic carbocycles. The van der Waals surface area contributed by atoms with Gasteiger partial charge in [0.15, 0.2) is 0 Å². The number of hydrogen-bond acceptors (Lipinski definition) is 6. The Kier molecular flexibility index (Phi) is 5.34. The summed E-state index contributed by atoms with van der Waals surface area (Å²) >= 11 is 0. The van der Waals surface area contributed by atoms with Gasteiger partial charge < -0.3 is 15.1 Å². The van der Waals surface area contributed by atoms with Gasteiger partial charge in [0.2, 0.25) is 0 Å². The van der Waals surface area contributed by atoms with Gasteiger partial charge in [-0.2, -0.15) is 5.26 Å². The van der Waals surface area contributed by atoms with E-state index in [0.29, 0.717) is 11.3 Å². The second-order valence-electron chi connectivity index (χ2n) is 6.68. The topological polar surface area (TPSA) is 85.1 Å². The van der Waals surface area contributed by atoms with Crippen LogP contribution in [0.5, 0.6) is 0 Å². The summed E-state index contributed by atoms with van der Waals surface area (Å²) in [6.45, 7) is 3.48. The molecule has 7 heteroatoms. The van der Waals surface area contributed by atoms with Crippen molar-refractivity contribution in [2.75, 3.05) is 41.3 Å². The lowest BCUT2D eigenvalue weighted by Gasteiger charge is -2.36. The third kappa shape index (κ3) is 4.17. The van der Waals surface area contributed by atoms with Crippen LogP contribution in [0.4, 0.5) is 17.2 Å². The zero-order valence-electron chi connectivity index (χ0n) is 15.8. The van der Waals surface area contributed by atoms with Crippen molar-refractivity contribution in [3.8, 4) is 6.07 Å². The van der Waals surface area contributed by atoms with Gasteiger partial charge in [-0.3, -0.25) is 4.79 Å². The number of nitrogens with zero attached hydrogens (tertiary/aromatic N) is 5. The number of hydrogen-bond donors (Lipinski definition) is 1. The molecule has 1 aliphatic heterocycles. The minimum Gasteiger partial charge on any atom is -0.368 e. The molecular weight excluding hydrogens is 364 g/mol. The quantitative estimate of drug-likeness (QED) is 0.744. The van der Waals surface area contributed by atoms with Crippen LogP contribution in [0, 0.1) is 11.3 Å². The summed E-state index contributed by atoms with van der Waals surface area (Å²) in [6, 6.07) is 19.3. The minimum absolute atomic E-state index is 0.212. The molecule has 144 valence electrons. The monoisotopic (exact) mass is 384 g/mol. The third-order valence-corrected chi connectivity index (χ3v) is 4.89. The molecule has 1 aliphatic rings. The van der Waals surface area contributed by atoms with Crippen molar-refractivity contribution in [2.45, 2.75) is 0 Å². The molecule has 0 saturated carbocycles. The number of amides is 1. The second-order valence-corrected chi connectivity index (χ2v) is 6.68. The number of anilines is 3. The largest absolute Gasteiger partial charge is 0.368 e. The molecule has 0 spiro atoms. The molecule has 3 aromatic rings. The maximum atomic E-state index is 12.4. The van der Waals surface area contributed by atoms with Gasteiger partial charge in [0.1, 0.15) is 17.6 Å². The molecule has 2 aromatic carbocycles. The molecule has 0 bridgehead atoms. The minimum atomic E-state index is -0.388. The van der Waals surface area contributed by atoms with Crippen LogP contribution in [-0.2, 0) is 0 Å². The first-order chi connectivity index (χ1) is 14.2. The normalized spacial score (nSPS) is 13.6. The number of benzene rings is 2. The van der Waals surface area contributed by atoms with Crippen LogP contribution >= 0.6 is 0 Å². The van der Waals surface area contributed by atoms with Crippen LogP contribution in [0.25, 0.3) is 0 Å². The Morgan fingerprint density at radius 2 is 1.59 bits per heavy atom. The highest BCUT2D eigenvalue weighted by Crippen LogP contribution is 2.19. The smallest absolute Gasteiger partial charge is 0.275 e. The average Bonchev–Trinajstić information content (AvgIpc) is 2.80. The summed E-state index contributed by atoms with van der Waals surface area (Å²) in [7, 11) is 0. The van der Waals surface area contributed by atoms with E-state index in [2.05, 4.69) is 43.3 Å². The van der Waals surface area contributed by atoms with Crippen molar-refractivity contribution in [3.63, 3.8) is 0 Å². The first kappa shape index (κ1) is 18.4. The first-order valence-electron chi connectivity index (χ1n) is 9.42. The van der Waals surface area contributed by atoms with Crippen LogP contribution in [0.3, 0.4) is 0 Å². The number of para-hydroxylation sites is 2. The second kappa shape index (κ2) is 8.40. The lowest BCUT2D eigenvalue weighted by molar-refractivity contribution is 0.102. The predicted octanol–water partition coefficient (Wildman–Crippen LogP) is 2.93. The summed E-state index contributed by atoms with van der Waals surface area (Å²) in [4.78, 5) is 25.6. The van der Waals surface area contributed by atoms with Crippen LogP contribution in [0.15, 0.2) is 67.0 Å². The Morgan fingerprint density at radius 3 is 2.28 bits per heavy atom. The van der Waals surface area contributed by atoms with E-state index in [1.165, 1.54) is 11.9 Å². The summed E-state index contributed by atoms with van der Waals surface area (Å²) in [5.74, 6) is 0.368. The Balaban J connectivity index is 1.38. The summed E-state index contributed by atoms with van der Waals surface area (Å²) in [5.41, 5.74) is 2.30. The number of piperazine rings is 1. The number of carbonyl (C=O) groups is 1. The molecule has 7 nitrogen and oxygen atoms in total. The van der Waals surface area contributed by atoms with Gasteiger partial charge in [-0.25, -0.2) is 9.97 Å². The Morgan fingerprint density at radius 1 is 0.897 bits per heavy atom. The lowest BCUT2D eigenvalue weighted by atomic mass is 10.2. The van der Waals surface area contributed by atoms with Crippen molar-refractivity contribution < 1.29 is 4.79 Å². The maximum absolute atomic E-state index is 12.4. The van der Waals surface area contributed by atoms with Crippen molar-refractivity contribution in [1.29, 1.82) is 5.26 Å². The summed E-state index contributed by atoms with van der Waals surface area (Å²) in [5, 5.41) is 11.9. The predicted molar refractivity (Wildman–Crippen MR) is 112 cm³/mol. The Hall–Kier alpha value is -3.92. The van der Waals surface area contributed by atoms with Gasteiger partial charge in [0.25, 0.3) is 5.91 Å². The SMILES string of the molecule is N#Cc1ccccc1NC(=O)c1cnc(N2CCN(c3ccccc3)CC2)cn1. The fraction of sp³-hybridized carbons (Fsp3) is 0.182.